The zero-order valence-corrected chi connectivity index (χ0v) is 18.3. The molecule has 0 spiro atoms. The van der Waals surface area contributed by atoms with Crippen LogP contribution in [0.1, 0.15) is 59.2 Å². The molecule has 0 aromatic heterocycles. The number of ketones is 1. The number of Topliss-reactive ketones (excluding diaryl/α,β-unsaturated/α-hetero) is 1. The summed E-state index contributed by atoms with van der Waals surface area (Å²) in [5.41, 5.74) is 5.23. The van der Waals surface area contributed by atoms with Gasteiger partial charge in [0.2, 0.25) is 5.91 Å². The number of carbonyl (C=O) groups excluding carboxylic acids is 2. The van der Waals surface area contributed by atoms with Gasteiger partial charge < -0.3 is 9.80 Å². The Hall–Kier alpha value is -2.53. The van der Waals surface area contributed by atoms with Gasteiger partial charge >= 0.3 is 0 Å². The normalized spacial score (nSPS) is 15.3. The van der Waals surface area contributed by atoms with Gasteiger partial charge in [-0.1, -0.05) is 12.1 Å². The molecule has 0 saturated carbocycles. The van der Waals surface area contributed by atoms with Crippen LogP contribution in [0.15, 0.2) is 36.4 Å². The van der Waals surface area contributed by atoms with Gasteiger partial charge in [-0.25, -0.2) is 4.39 Å². The van der Waals surface area contributed by atoms with Crippen LogP contribution >= 0.6 is 0 Å². The first-order valence-corrected chi connectivity index (χ1v) is 11.4. The van der Waals surface area contributed by atoms with Gasteiger partial charge in [0, 0.05) is 31.5 Å². The van der Waals surface area contributed by atoms with E-state index in [2.05, 4.69) is 11.9 Å². The molecule has 0 N–H and O–H groups in total. The van der Waals surface area contributed by atoms with Gasteiger partial charge in [-0.2, -0.15) is 0 Å². The number of likely N-dealkylation sites (N-methyl/N-ethyl adjacent to an activating group) is 1. The number of unbranched alkanes of at least 4 members (excludes halogenated alkanes) is 1. The van der Waals surface area contributed by atoms with Crippen molar-refractivity contribution in [1.29, 1.82) is 0 Å². The van der Waals surface area contributed by atoms with Crippen molar-refractivity contribution in [3.63, 3.8) is 0 Å². The van der Waals surface area contributed by atoms with E-state index in [1.54, 1.807) is 12.1 Å². The molecular formula is C26H31FN2O2. The molecule has 0 bridgehead atoms. The van der Waals surface area contributed by atoms with Gasteiger partial charge in [0.1, 0.15) is 5.82 Å². The zero-order valence-electron chi connectivity index (χ0n) is 18.3. The molecule has 0 unspecified atom stereocenters. The molecule has 164 valence electrons. The number of rotatable bonds is 9. The Balaban J connectivity index is 1.25. The van der Waals surface area contributed by atoms with Crippen molar-refractivity contribution in [1.82, 2.24) is 4.90 Å². The number of hydrogen-bond acceptors (Lipinski definition) is 3. The highest BCUT2D eigenvalue weighted by Gasteiger charge is 2.30. The quantitative estimate of drug-likeness (QED) is 0.439. The summed E-state index contributed by atoms with van der Waals surface area (Å²) in [4.78, 5) is 29.2. The molecule has 0 saturated heterocycles. The third-order valence-electron chi connectivity index (χ3n) is 6.46. The van der Waals surface area contributed by atoms with E-state index < -0.39 is 0 Å². The summed E-state index contributed by atoms with van der Waals surface area (Å²) in [5.74, 6) is 0.235. The van der Waals surface area contributed by atoms with Crippen LogP contribution in [0.25, 0.3) is 0 Å². The lowest BCUT2D eigenvalue weighted by molar-refractivity contribution is -0.119. The Labute approximate surface area is 184 Å². The van der Waals surface area contributed by atoms with E-state index in [-0.39, 0.29) is 17.5 Å². The smallest absolute Gasteiger partial charge is 0.227 e. The highest BCUT2D eigenvalue weighted by molar-refractivity contribution is 6.01. The molecule has 2 aromatic rings. The molecule has 4 nitrogen and oxygen atoms in total. The second-order valence-electron chi connectivity index (χ2n) is 8.86. The number of carbonyl (C=O) groups is 2. The van der Waals surface area contributed by atoms with E-state index in [1.165, 1.54) is 6.07 Å². The van der Waals surface area contributed by atoms with E-state index in [1.807, 2.05) is 23.1 Å². The van der Waals surface area contributed by atoms with Crippen molar-refractivity contribution < 1.29 is 14.0 Å². The summed E-state index contributed by atoms with van der Waals surface area (Å²) in [6.45, 7) is 2.61. The number of hydrogen-bond donors (Lipinski definition) is 0. The maximum atomic E-state index is 13.3. The summed E-state index contributed by atoms with van der Waals surface area (Å²) in [6.07, 6.45) is 6.41. The minimum absolute atomic E-state index is 0.186. The molecule has 2 aromatic carbocycles. The summed E-state index contributed by atoms with van der Waals surface area (Å²) >= 11 is 0. The van der Waals surface area contributed by atoms with E-state index >= 15 is 0 Å². The largest absolute Gasteiger partial charge is 0.312 e. The summed E-state index contributed by atoms with van der Waals surface area (Å²) < 4.78 is 13.3. The second kappa shape index (κ2) is 9.73. The Morgan fingerprint density at radius 3 is 2.68 bits per heavy atom. The molecule has 2 heterocycles. The minimum atomic E-state index is -0.186. The number of aryl methyl sites for hydroxylation is 2. The molecule has 0 aliphatic carbocycles. The Morgan fingerprint density at radius 1 is 1.06 bits per heavy atom. The fraction of sp³-hybridized carbons (Fsp3) is 0.462. The van der Waals surface area contributed by atoms with Crippen LogP contribution in [0.4, 0.5) is 10.1 Å². The van der Waals surface area contributed by atoms with Gasteiger partial charge in [-0.05, 0) is 93.1 Å². The first-order chi connectivity index (χ1) is 15.0. The van der Waals surface area contributed by atoms with Crippen molar-refractivity contribution >= 4 is 17.4 Å². The molecular weight excluding hydrogens is 391 g/mol. The first kappa shape index (κ1) is 21.7. The maximum Gasteiger partial charge on any atom is 0.227 e. The van der Waals surface area contributed by atoms with Crippen LogP contribution in [0.5, 0.6) is 0 Å². The van der Waals surface area contributed by atoms with Crippen molar-refractivity contribution in [2.45, 2.75) is 51.4 Å². The summed E-state index contributed by atoms with van der Waals surface area (Å²) in [6, 6.07) is 10.8. The highest BCUT2D eigenvalue weighted by Crippen LogP contribution is 2.36. The lowest BCUT2D eigenvalue weighted by Crippen LogP contribution is -2.39. The fourth-order valence-electron chi connectivity index (χ4n) is 4.75. The van der Waals surface area contributed by atoms with Crippen LogP contribution in [0.3, 0.4) is 0 Å². The number of benzene rings is 2. The molecule has 1 amide bonds. The van der Waals surface area contributed by atoms with E-state index in [9.17, 15) is 14.0 Å². The van der Waals surface area contributed by atoms with Crippen LogP contribution in [0, 0.1) is 5.82 Å². The van der Waals surface area contributed by atoms with Gasteiger partial charge in [0.05, 0.1) is 5.69 Å². The van der Waals surface area contributed by atoms with E-state index in [4.69, 9.17) is 0 Å². The molecule has 0 atom stereocenters. The van der Waals surface area contributed by atoms with Crippen molar-refractivity contribution in [2.75, 3.05) is 31.6 Å². The lowest BCUT2D eigenvalue weighted by atomic mass is 9.88. The molecule has 4 rings (SSSR count). The van der Waals surface area contributed by atoms with Crippen LogP contribution < -0.4 is 4.90 Å². The average molecular weight is 423 g/mol. The van der Waals surface area contributed by atoms with E-state index in [0.717, 1.165) is 86.1 Å². The number of amides is 1. The molecule has 0 fully saturated rings. The number of halogens is 1. The van der Waals surface area contributed by atoms with Crippen molar-refractivity contribution in [2.24, 2.45) is 0 Å². The summed E-state index contributed by atoms with van der Waals surface area (Å²) in [5, 5.41) is 0. The van der Waals surface area contributed by atoms with Gasteiger partial charge in [-0.15, -0.1) is 0 Å². The average Bonchev–Trinajstić information content (AvgIpc) is 2.77. The van der Waals surface area contributed by atoms with Gasteiger partial charge in [0.15, 0.2) is 5.78 Å². The topological polar surface area (TPSA) is 40.6 Å². The predicted molar refractivity (Wildman–Crippen MR) is 121 cm³/mol. The first-order valence-electron chi connectivity index (χ1n) is 11.4. The molecule has 2 aliphatic rings. The minimum Gasteiger partial charge on any atom is -0.312 e. The lowest BCUT2D eigenvalue weighted by Gasteiger charge is -2.35. The second-order valence-corrected chi connectivity index (χ2v) is 8.86. The Bertz CT molecular complexity index is 955. The zero-order chi connectivity index (χ0) is 21.8. The van der Waals surface area contributed by atoms with Crippen molar-refractivity contribution in [3.8, 4) is 0 Å². The van der Waals surface area contributed by atoms with Crippen LogP contribution in [-0.4, -0.2) is 43.3 Å². The van der Waals surface area contributed by atoms with Crippen molar-refractivity contribution in [3.05, 3.63) is 64.5 Å². The van der Waals surface area contributed by atoms with Crippen LogP contribution in [-0.2, 0) is 24.1 Å². The Morgan fingerprint density at radius 2 is 1.87 bits per heavy atom. The molecule has 2 aliphatic heterocycles. The van der Waals surface area contributed by atoms with Gasteiger partial charge in [-0.3, -0.25) is 9.59 Å². The van der Waals surface area contributed by atoms with E-state index in [0.29, 0.717) is 12.8 Å². The maximum absolute atomic E-state index is 13.3. The monoisotopic (exact) mass is 422 g/mol. The number of anilines is 1. The number of nitrogens with zero attached hydrogens (tertiary/aromatic N) is 2. The third kappa shape index (κ3) is 5.21. The predicted octanol–water partition coefficient (Wildman–Crippen LogP) is 4.58. The fourth-order valence-corrected chi connectivity index (χ4v) is 4.75. The Kier molecular flexibility index (Phi) is 6.81. The third-order valence-corrected chi connectivity index (χ3v) is 6.46. The molecule has 5 heteroatoms. The standard InChI is InChI=1S/C26H31FN2O2/c1-28(15-12-19-6-4-8-23(27)16-19)13-3-2-9-24(30)22-17-20-7-5-14-29-25(31)11-10-21(18-22)26(20)29/h4,6,8,16-18H,2-3,5,7,9-15H2,1H3. The van der Waals surface area contributed by atoms with Gasteiger partial charge in [0.25, 0.3) is 0 Å². The van der Waals surface area contributed by atoms with Crippen LogP contribution in [0.2, 0.25) is 0 Å². The summed E-state index contributed by atoms with van der Waals surface area (Å²) in [7, 11) is 2.07. The molecule has 0 radical (unpaired) electrons. The molecule has 31 heavy (non-hydrogen) atoms. The highest BCUT2D eigenvalue weighted by atomic mass is 19.1. The SMILES string of the molecule is CN(CCCCC(=O)c1cc2c3c(c1)CCC(=O)N3CCC2)CCc1cccc(F)c1.